The molecule has 0 aliphatic rings. The molecule has 0 aromatic carbocycles. The number of amides is 1. The zero-order valence-electron chi connectivity index (χ0n) is 13.0. The highest BCUT2D eigenvalue weighted by Gasteiger charge is 2.13. The third kappa shape index (κ3) is 4.03. The summed E-state index contributed by atoms with van der Waals surface area (Å²) in [7, 11) is 0. The molecule has 0 atom stereocenters. The number of rotatable bonds is 5. The Hall–Kier alpha value is -2.05. The Morgan fingerprint density at radius 3 is 2.74 bits per heavy atom. The van der Waals surface area contributed by atoms with Crippen LogP contribution in [0.4, 0.5) is 5.13 Å². The summed E-state index contributed by atoms with van der Waals surface area (Å²) in [5, 5.41) is 3.56. The number of thiophene rings is 1. The van der Waals surface area contributed by atoms with Crippen LogP contribution in [0.5, 0.6) is 0 Å². The Morgan fingerprint density at radius 2 is 2.04 bits per heavy atom. The minimum Gasteiger partial charge on any atom is -0.302 e. The molecular weight excluding hydrogens is 326 g/mol. The fraction of sp³-hybridized carbons (Fsp3) is 0.235. The Kier molecular flexibility index (Phi) is 4.83. The van der Waals surface area contributed by atoms with E-state index in [1.807, 2.05) is 25.1 Å². The maximum Gasteiger partial charge on any atom is 0.226 e. The number of carbonyl (C=O) groups excluding carboxylic acids is 1. The number of carbonyl (C=O) groups is 1. The maximum absolute atomic E-state index is 12.1. The van der Waals surface area contributed by atoms with Gasteiger partial charge in [-0.2, -0.15) is 0 Å². The number of hydrogen-bond acceptors (Lipinski definition) is 5. The first-order valence-electron chi connectivity index (χ1n) is 7.36. The summed E-state index contributed by atoms with van der Waals surface area (Å²) in [6.45, 7) is 4.11. The average molecular weight is 343 g/mol. The second-order valence-corrected chi connectivity index (χ2v) is 7.69. The van der Waals surface area contributed by atoms with E-state index in [0.717, 1.165) is 21.1 Å². The van der Waals surface area contributed by atoms with E-state index >= 15 is 0 Å². The van der Waals surface area contributed by atoms with Gasteiger partial charge in [0, 0.05) is 28.1 Å². The van der Waals surface area contributed by atoms with Gasteiger partial charge in [0.05, 0.1) is 10.6 Å². The van der Waals surface area contributed by atoms with Crippen molar-refractivity contribution in [3.63, 3.8) is 0 Å². The molecule has 4 nitrogen and oxygen atoms in total. The van der Waals surface area contributed by atoms with Crippen LogP contribution >= 0.6 is 22.7 Å². The molecule has 0 saturated heterocycles. The van der Waals surface area contributed by atoms with E-state index in [2.05, 4.69) is 34.3 Å². The van der Waals surface area contributed by atoms with Crippen molar-refractivity contribution in [1.29, 1.82) is 0 Å². The third-order valence-electron chi connectivity index (χ3n) is 3.35. The van der Waals surface area contributed by atoms with Crippen molar-refractivity contribution in [3.05, 3.63) is 52.0 Å². The van der Waals surface area contributed by atoms with Gasteiger partial charge in [-0.1, -0.05) is 6.07 Å². The summed E-state index contributed by atoms with van der Waals surface area (Å²) in [6.07, 6.45) is 2.78. The van der Waals surface area contributed by atoms with Gasteiger partial charge in [0.15, 0.2) is 5.13 Å². The summed E-state index contributed by atoms with van der Waals surface area (Å²) in [5.74, 6) is -0.0293. The number of pyridine rings is 1. The monoisotopic (exact) mass is 343 g/mol. The SMILES string of the molecule is Cc1ccc(-c2nc(NC(=O)CCc3ccccn3)sc2C)s1. The molecule has 1 N–H and O–H groups in total. The van der Waals surface area contributed by atoms with Crippen LogP contribution in [0.15, 0.2) is 36.5 Å². The van der Waals surface area contributed by atoms with Gasteiger partial charge in [-0.25, -0.2) is 4.98 Å². The number of aromatic nitrogens is 2. The molecular formula is C17H17N3OS2. The Morgan fingerprint density at radius 1 is 1.17 bits per heavy atom. The lowest BCUT2D eigenvalue weighted by atomic mass is 10.2. The Labute approximate surface area is 143 Å². The number of thiazole rings is 1. The van der Waals surface area contributed by atoms with E-state index in [-0.39, 0.29) is 5.91 Å². The fourth-order valence-electron chi connectivity index (χ4n) is 2.21. The van der Waals surface area contributed by atoms with Crippen molar-refractivity contribution in [1.82, 2.24) is 9.97 Å². The molecule has 3 rings (SSSR count). The van der Waals surface area contributed by atoms with Crippen LogP contribution in [0, 0.1) is 13.8 Å². The van der Waals surface area contributed by atoms with Crippen LogP contribution < -0.4 is 5.32 Å². The highest BCUT2D eigenvalue weighted by atomic mass is 32.1. The zero-order chi connectivity index (χ0) is 16.2. The van der Waals surface area contributed by atoms with Crippen LogP contribution in [-0.4, -0.2) is 15.9 Å². The lowest BCUT2D eigenvalue weighted by molar-refractivity contribution is -0.116. The lowest BCUT2D eigenvalue weighted by Crippen LogP contribution is -2.12. The fourth-order valence-corrected chi connectivity index (χ4v) is 4.03. The van der Waals surface area contributed by atoms with Crippen LogP contribution in [0.25, 0.3) is 10.6 Å². The normalized spacial score (nSPS) is 10.7. The summed E-state index contributed by atoms with van der Waals surface area (Å²) < 4.78 is 0. The molecule has 3 aromatic rings. The van der Waals surface area contributed by atoms with Gasteiger partial charge in [-0.15, -0.1) is 22.7 Å². The average Bonchev–Trinajstić information content (AvgIpc) is 3.12. The van der Waals surface area contributed by atoms with Crippen molar-refractivity contribution >= 4 is 33.7 Å². The Bertz CT molecular complexity index is 808. The van der Waals surface area contributed by atoms with Crippen molar-refractivity contribution in [2.24, 2.45) is 0 Å². The van der Waals surface area contributed by atoms with Crippen LogP contribution in [-0.2, 0) is 11.2 Å². The molecule has 0 aliphatic heterocycles. The van der Waals surface area contributed by atoms with Gasteiger partial charge in [-0.05, 0) is 44.5 Å². The molecule has 23 heavy (non-hydrogen) atoms. The smallest absolute Gasteiger partial charge is 0.226 e. The van der Waals surface area contributed by atoms with Gasteiger partial charge in [0.1, 0.15) is 0 Å². The van der Waals surface area contributed by atoms with Gasteiger partial charge in [0.2, 0.25) is 5.91 Å². The predicted octanol–water partition coefficient (Wildman–Crippen LogP) is 4.45. The molecule has 1 amide bonds. The van der Waals surface area contributed by atoms with E-state index in [0.29, 0.717) is 18.0 Å². The minimum atomic E-state index is -0.0293. The second kappa shape index (κ2) is 7.02. The molecule has 0 fully saturated rings. The van der Waals surface area contributed by atoms with Gasteiger partial charge >= 0.3 is 0 Å². The topological polar surface area (TPSA) is 54.9 Å². The maximum atomic E-state index is 12.1. The van der Waals surface area contributed by atoms with Gasteiger partial charge < -0.3 is 5.32 Å². The second-order valence-electron chi connectivity index (χ2n) is 5.20. The highest BCUT2D eigenvalue weighted by molar-refractivity contribution is 7.18. The first-order chi connectivity index (χ1) is 11.1. The molecule has 0 spiro atoms. The molecule has 0 radical (unpaired) electrons. The highest BCUT2D eigenvalue weighted by Crippen LogP contribution is 2.34. The van der Waals surface area contributed by atoms with E-state index in [9.17, 15) is 4.79 Å². The van der Waals surface area contributed by atoms with Gasteiger partial charge in [-0.3, -0.25) is 9.78 Å². The molecule has 3 aromatic heterocycles. The first kappa shape index (κ1) is 15.8. The van der Waals surface area contributed by atoms with E-state index < -0.39 is 0 Å². The third-order valence-corrected chi connectivity index (χ3v) is 5.24. The zero-order valence-corrected chi connectivity index (χ0v) is 14.6. The van der Waals surface area contributed by atoms with Crippen LogP contribution in [0.1, 0.15) is 21.9 Å². The minimum absolute atomic E-state index is 0.0293. The van der Waals surface area contributed by atoms with Crippen LogP contribution in [0.2, 0.25) is 0 Å². The standard InChI is InChI=1S/C17H17N3OS2/c1-11-6-8-14(22-11)16-12(2)23-17(20-16)19-15(21)9-7-13-5-3-4-10-18-13/h3-6,8,10H,7,9H2,1-2H3,(H,19,20,21). The molecule has 0 aliphatic carbocycles. The molecule has 6 heteroatoms. The number of aryl methyl sites for hydroxylation is 3. The quantitative estimate of drug-likeness (QED) is 0.744. The summed E-state index contributed by atoms with van der Waals surface area (Å²) in [6, 6.07) is 9.89. The number of anilines is 1. The van der Waals surface area contributed by atoms with Crippen molar-refractivity contribution in [2.45, 2.75) is 26.7 Å². The number of nitrogens with one attached hydrogen (secondary N) is 1. The Balaban J connectivity index is 1.63. The van der Waals surface area contributed by atoms with E-state index in [1.54, 1.807) is 17.5 Å². The van der Waals surface area contributed by atoms with Crippen molar-refractivity contribution in [3.8, 4) is 10.6 Å². The molecule has 0 bridgehead atoms. The molecule has 0 unspecified atom stereocenters. The number of hydrogen-bond donors (Lipinski definition) is 1. The lowest BCUT2D eigenvalue weighted by Gasteiger charge is -2.01. The number of nitrogens with zero attached hydrogens (tertiary/aromatic N) is 2. The summed E-state index contributed by atoms with van der Waals surface area (Å²) in [5.41, 5.74) is 1.89. The van der Waals surface area contributed by atoms with Crippen LogP contribution in [0.3, 0.4) is 0 Å². The van der Waals surface area contributed by atoms with E-state index in [4.69, 9.17) is 0 Å². The van der Waals surface area contributed by atoms with Gasteiger partial charge in [0.25, 0.3) is 0 Å². The first-order valence-corrected chi connectivity index (χ1v) is 8.99. The van der Waals surface area contributed by atoms with Crippen molar-refractivity contribution < 1.29 is 4.79 Å². The molecule has 3 heterocycles. The molecule has 118 valence electrons. The largest absolute Gasteiger partial charge is 0.302 e. The molecule has 0 saturated carbocycles. The summed E-state index contributed by atoms with van der Waals surface area (Å²) >= 11 is 3.23. The summed E-state index contributed by atoms with van der Waals surface area (Å²) in [4.78, 5) is 24.4. The van der Waals surface area contributed by atoms with E-state index in [1.165, 1.54) is 16.2 Å². The predicted molar refractivity (Wildman–Crippen MR) is 96.1 cm³/mol. The van der Waals surface area contributed by atoms with Crippen molar-refractivity contribution in [2.75, 3.05) is 5.32 Å².